The molecule has 5 nitrogen and oxygen atoms in total. The van der Waals surface area contributed by atoms with Crippen LogP contribution in [0.4, 0.5) is 0 Å². The third-order valence-corrected chi connectivity index (χ3v) is 6.00. The van der Waals surface area contributed by atoms with Gasteiger partial charge in [-0.15, -0.1) is 0 Å². The molecule has 0 radical (unpaired) electrons. The molecule has 4 rings (SSSR count). The molecular formula is C25H32N2O3. The summed E-state index contributed by atoms with van der Waals surface area (Å²) in [5.74, 6) is 1.84. The van der Waals surface area contributed by atoms with E-state index in [2.05, 4.69) is 43.0 Å². The number of carbonyl (C=O) groups excluding carboxylic acids is 1. The molecule has 2 aromatic rings. The van der Waals surface area contributed by atoms with Crippen molar-refractivity contribution < 1.29 is 14.3 Å². The van der Waals surface area contributed by atoms with Crippen molar-refractivity contribution in [1.82, 2.24) is 9.80 Å². The van der Waals surface area contributed by atoms with Gasteiger partial charge in [-0.1, -0.05) is 36.4 Å². The van der Waals surface area contributed by atoms with E-state index in [0.717, 1.165) is 37.3 Å². The highest BCUT2D eigenvalue weighted by Gasteiger charge is 2.30. The number of amides is 1. The van der Waals surface area contributed by atoms with Crippen molar-refractivity contribution in [3.63, 3.8) is 0 Å². The lowest BCUT2D eigenvalue weighted by atomic mass is 10.0. The molecule has 0 saturated carbocycles. The Morgan fingerprint density at radius 2 is 1.83 bits per heavy atom. The van der Waals surface area contributed by atoms with E-state index in [0.29, 0.717) is 26.3 Å². The van der Waals surface area contributed by atoms with E-state index in [1.165, 1.54) is 11.1 Å². The average Bonchev–Trinajstić information content (AvgIpc) is 3.07. The average molecular weight is 409 g/mol. The summed E-state index contributed by atoms with van der Waals surface area (Å²) >= 11 is 0. The number of fused-ring (bicyclic) bond motifs is 1. The maximum atomic E-state index is 13.2. The second-order valence-electron chi connectivity index (χ2n) is 8.49. The molecule has 1 amide bonds. The van der Waals surface area contributed by atoms with Gasteiger partial charge in [0.05, 0.1) is 19.8 Å². The van der Waals surface area contributed by atoms with Gasteiger partial charge >= 0.3 is 0 Å². The Balaban J connectivity index is 1.46. The molecule has 2 heterocycles. The number of ether oxygens (including phenoxy) is 2. The summed E-state index contributed by atoms with van der Waals surface area (Å²) in [5, 5.41) is 0. The molecule has 0 spiro atoms. The fourth-order valence-electron chi connectivity index (χ4n) is 4.38. The monoisotopic (exact) mass is 408 g/mol. The summed E-state index contributed by atoms with van der Waals surface area (Å²) in [6.07, 6.45) is 3.07. The van der Waals surface area contributed by atoms with Crippen LogP contribution in [0.25, 0.3) is 0 Å². The smallest absolute Gasteiger partial charge is 0.237 e. The third kappa shape index (κ3) is 4.78. The molecule has 1 saturated heterocycles. The van der Waals surface area contributed by atoms with Gasteiger partial charge in [-0.05, 0) is 56.5 Å². The molecule has 0 N–H and O–H groups in total. The Hall–Kier alpha value is -2.53. The lowest BCUT2D eigenvalue weighted by Crippen LogP contribution is -2.43. The van der Waals surface area contributed by atoms with Crippen LogP contribution >= 0.6 is 0 Å². The van der Waals surface area contributed by atoms with E-state index in [1.807, 2.05) is 29.2 Å². The van der Waals surface area contributed by atoms with E-state index in [1.54, 1.807) is 0 Å². The SMILES string of the molecule is CC(C)N(Cc1ccccc1)C(=O)CN1CCCC1c1ccc2c(c1)OCCCO2. The van der Waals surface area contributed by atoms with Crippen molar-refractivity contribution in [2.45, 2.75) is 51.7 Å². The molecule has 160 valence electrons. The van der Waals surface area contributed by atoms with Crippen LogP contribution in [0.1, 0.15) is 50.3 Å². The highest BCUT2D eigenvalue weighted by atomic mass is 16.5. The number of rotatable bonds is 6. The van der Waals surface area contributed by atoms with E-state index >= 15 is 0 Å². The summed E-state index contributed by atoms with van der Waals surface area (Å²) in [6.45, 7) is 7.61. The predicted molar refractivity (Wildman–Crippen MR) is 118 cm³/mol. The van der Waals surface area contributed by atoms with Gasteiger partial charge in [0.1, 0.15) is 0 Å². The van der Waals surface area contributed by atoms with Crippen LogP contribution in [-0.2, 0) is 11.3 Å². The second-order valence-corrected chi connectivity index (χ2v) is 8.49. The van der Waals surface area contributed by atoms with E-state index in [9.17, 15) is 4.79 Å². The van der Waals surface area contributed by atoms with Crippen LogP contribution in [0, 0.1) is 0 Å². The highest BCUT2D eigenvalue weighted by Crippen LogP contribution is 2.37. The minimum absolute atomic E-state index is 0.164. The first-order chi connectivity index (χ1) is 14.6. The zero-order chi connectivity index (χ0) is 20.9. The standard InChI is InChI=1S/C25H32N2O3/c1-19(2)27(17-20-8-4-3-5-9-20)25(28)18-26-13-6-10-22(26)21-11-12-23-24(16-21)30-15-7-14-29-23/h3-5,8-9,11-12,16,19,22H,6-7,10,13-15,17-18H2,1-2H3. The normalized spacial score (nSPS) is 19.0. The molecular weight excluding hydrogens is 376 g/mol. The van der Waals surface area contributed by atoms with Gasteiger partial charge in [-0.25, -0.2) is 0 Å². The summed E-state index contributed by atoms with van der Waals surface area (Å²) in [5.41, 5.74) is 2.38. The first-order valence-electron chi connectivity index (χ1n) is 11.1. The quantitative estimate of drug-likeness (QED) is 0.710. The topological polar surface area (TPSA) is 42.0 Å². The Morgan fingerprint density at radius 1 is 1.07 bits per heavy atom. The first-order valence-corrected chi connectivity index (χ1v) is 11.1. The zero-order valence-corrected chi connectivity index (χ0v) is 18.0. The number of benzene rings is 2. The Kier molecular flexibility index (Phi) is 6.58. The van der Waals surface area contributed by atoms with Gasteiger partial charge in [-0.2, -0.15) is 0 Å². The summed E-state index contributed by atoms with van der Waals surface area (Å²) < 4.78 is 11.7. The summed E-state index contributed by atoms with van der Waals surface area (Å²) in [4.78, 5) is 17.5. The molecule has 1 fully saturated rings. The minimum atomic E-state index is 0.164. The highest BCUT2D eigenvalue weighted by molar-refractivity contribution is 5.78. The van der Waals surface area contributed by atoms with Gasteiger partial charge in [0.25, 0.3) is 0 Å². The van der Waals surface area contributed by atoms with E-state index in [-0.39, 0.29) is 18.0 Å². The maximum Gasteiger partial charge on any atom is 0.237 e. The molecule has 0 aliphatic carbocycles. The lowest BCUT2D eigenvalue weighted by molar-refractivity contribution is -0.135. The fraction of sp³-hybridized carbons (Fsp3) is 0.480. The molecule has 2 aliphatic rings. The maximum absolute atomic E-state index is 13.2. The molecule has 5 heteroatoms. The van der Waals surface area contributed by atoms with E-state index < -0.39 is 0 Å². The summed E-state index contributed by atoms with van der Waals surface area (Å²) in [7, 11) is 0. The lowest BCUT2D eigenvalue weighted by Gasteiger charge is -2.31. The van der Waals surface area contributed by atoms with Crippen LogP contribution in [0.3, 0.4) is 0 Å². The van der Waals surface area contributed by atoms with Crippen molar-refractivity contribution in [2.24, 2.45) is 0 Å². The predicted octanol–water partition coefficient (Wildman–Crippen LogP) is 4.42. The third-order valence-electron chi connectivity index (χ3n) is 6.00. The number of nitrogens with zero attached hydrogens (tertiary/aromatic N) is 2. The number of hydrogen-bond donors (Lipinski definition) is 0. The molecule has 2 aliphatic heterocycles. The van der Waals surface area contributed by atoms with E-state index in [4.69, 9.17) is 9.47 Å². The summed E-state index contributed by atoms with van der Waals surface area (Å²) in [6, 6.07) is 16.9. The molecule has 1 atom stereocenters. The number of carbonyl (C=O) groups is 1. The van der Waals surface area contributed by atoms with Crippen molar-refractivity contribution in [2.75, 3.05) is 26.3 Å². The first kappa shape index (κ1) is 20.7. The Bertz CT molecular complexity index is 853. The van der Waals surface area contributed by atoms with Crippen LogP contribution < -0.4 is 9.47 Å². The van der Waals surface area contributed by atoms with Crippen molar-refractivity contribution in [3.05, 3.63) is 59.7 Å². The van der Waals surface area contributed by atoms with Crippen molar-refractivity contribution >= 4 is 5.91 Å². The van der Waals surface area contributed by atoms with Gasteiger partial charge in [0.2, 0.25) is 5.91 Å². The Labute approximate surface area is 179 Å². The van der Waals surface area contributed by atoms with Crippen LogP contribution in [-0.4, -0.2) is 48.1 Å². The molecule has 1 unspecified atom stereocenters. The van der Waals surface area contributed by atoms with Gasteiger partial charge < -0.3 is 14.4 Å². The minimum Gasteiger partial charge on any atom is -0.490 e. The largest absolute Gasteiger partial charge is 0.490 e. The van der Waals surface area contributed by atoms with Crippen LogP contribution in [0.5, 0.6) is 11.5 Å². The Morgan fingerprint density at radius 3 is 2.60 bits per heavy atom. The van der Waals surface area contributed by atoms with Gasteiger partial charge in [0, 0.05) is 25.0 Å². The number of hydrogen-bond acceptors (Lipinski definition) is 4. The molecule has 0 aromatic heterocycles. The zero-order valence-electron chi connectivity index (χ0n) is 18.0. The van der Waals surface area contributed by atoms with Crippen molar-refractivity contribution in [1.29, 1.82) is 0 Å². The molecule has 30 heavy (non-hydrogen) atoms. The number of likely N-dealkylation sites (tertiary alicyclic amines) is 1. The molecule has 0 bridgehead atoms. The molecule has 2 aromatic carbocycles. The second kappa shape index (κ2) is 9.52. The van der Waals surface area contributed by atoms with Crippen LogP contribution in [0.15, 0.2) is 48.5 Å². The van der Waals surface area contributed by atoms with Gasteiger partial charge in [-0.3, -0.25) is 9.69 Å². The van der Waals surface area contributed by atoms with Gasteiger partial charge in [0.15, 0.2) is 11.5 Å². The van der Waals surface area contributed by atoms with Crippen molar-refractivity contribution in [3.8, 4) is 11.5 Å². The fourth-order valence-corrected chi connectivity index (χ4v) is 4.38. The van der Waals surface area contributed by atoms with Crippen LogP contribution in [0.2, 0.25) is 0 Å².